The molecule has 0 amide bonds. The Kier molecular flexibility index (Phi) is 7.42. The minimum Gasteiger partial charge on any atom is -0.478 e. The Morgan fingerprint density at radius 1 is 1.57 bits per heavy atom. The van der Waals surface area contributed by atoms with Gasteiger partial charge in [0.15, 0.2) is 9.76 Å². The first-order chi connectivity index (χ1) is 6.61. The van der Waals surface area contributed by atoms with Crippen LogP contribution in [0.2, 0.25) is 5.54 Å². The monoisotopic (exact) mass is 216 g/mol. The van der Waals surface area contributed by atoms with Gasteiger partial charge in [0.05, 0.1) is 0 Å². The van der Waals surface area contributed by atoms with Gasteiger partial charge >= 0.3 is 5.97 Å². The predicted molar refractivity (Wildman–Crippen MR) is 60.2 cm³/mol. The fraction of sp³-hybridized carbons (Fsp3) is 0.700. The third kappa shape index (κ3) is 5.94. The lowest BCUT2D eigenvalue weighted by molar-refractivity contribution is -0.132. The topological polar surface area (TPSA) is 46.5 Å². The van der Waals surface area contributed by atoms with Crippen LogP contribution in [0.3, 0.4) is 0 Å². The molecule has 0 spiro atoms. The largest absolute Gasteiger partial charge is 0.478 e. The van der Waals surface area contributed by atoms with Crippen molar-refractivity contribution < 1.29 is 14.3 Å². The van der Waals surface area contributed by atoms with Crippen LogP contribution in [0.4, 0.5) is 0 Å². The maximum atomic E-state index is 10.5. The van der Waals surface area contributed by atoms with E-state index in [0.29, 0.717) is 17.5 Å². The maximum absolute atomic E-state index is 10.5. The minimum atomic E-state index is -0.877. The molecular weight excluding hydrogens is 196 g/mol. The summed E-state index contributed by atoms with van der Waals surface area (Å²) in [6, 6.07) is 0. The van der Waals surface area contributed by atoms with Crippen molar-refractivity contribution in [1.82, 2.24) is 0 Å². The molecule has 0 aliphatic heterocycles. The Labute approximate surface area is 88.1 Å². The van der Waals surface area contributed by atoms with Crippen molar-refractivity contribution in [2.75, 3.05) is 6.61 Å². The second-order valence-corrected chi connectivity index (χ2v) is 5.28. The van der Waals surface area contributed by atoms with Gasteiger partial charge in [0.2, 0.25) is 0 Å². The van der Waals surface area contributed by atoms with Crippen LogP contribution in [0, 0.1) is 0 Å². The number of hydrogen-bond acceptors (Lipinski definition) is 2. The molecule has 4 heteroatoms. The van der Waals surface area contributed by atoms with Crippen molar-refractivity contribution in [3.8, 4) is 0 Å². The Morgan fingerprint density at radius 3 is 2.64 bits per heavy atom. The zero-order valence-electron chi connectivity index (χ0n) is 9.08. The van der Waals surface area contributed by atoms with E-state index in [-0.39, 0.29) is 0 Å². The van der Waals surface area contributed by atoms with Gasteiger partial charge in [0.25, 0.3) is 0 Å². The zero-order valence-corrected chi connectivity index (χ0v) is 10.5. The standard InChI is InChI=1S/C10H20O3Si/c1-4-9(14-13-5-2)7-6-8(3)10(11)12/h9H,3-7,14H2,1-2H3,(H,11,12). The second kappa shape index (κ2) is 7.76. The lowest BCUT2D eigenvalue weighted by Crippen LogP contribution is -2.09. The highest BCUT2D eigenvalue weighted by atomic mass is 28.2. The van der Waals surface area contributed by atoms with Crippen molar-refractivity contribution in [2.24, 2.45) is 0 Å². The fourth-order valence-corrected chi connectivity index (χ4v) is 2.35. The molecule has 0 aromatic rings. The number of rotatable bonds is 8. The quantitative estimate of drug-likeness (QED) is 0.496. The van der Waals surface area contributed by atoms with Crippen LogP contribution in [0.15, 0.2) is 12.2 Å². The third-order valence-corrected chi connectivity index (χ3v) is 4.39. The second-order valence-electron chi connectivity index (χ2n) is 3.38. The molecule has 0 fully saturated rings. The summed E-state index contributed by atoms with van der Waals surface area (Å²) in [5.41, 5.74) is 0.903. The van der Waals surface area contributed by atoms with Gasteiger partial charge in [-0.3, -0.25) is 0 Å². The first-order valence-electron chi connectivity index (χ1n) is 5.10. The van der Waals surface area contributed by atoms with Crippen LogP contribution in [0.1, 0.15) is 33.1 Å². The fourth-order valence-electron chi connectivity index (χ4n) is 1.18. The van der Waals surface area contributed by atoms with Crippen LogP contribution in [0.25, 0.3) is 0 Å². The third-order valence-electron chi connectivity index (χ3n) is 2.29. The molecule has 0 bridgehead atoms. The molecule has 0 radical (unpaired) electrons. The van der Waals surface area contributed by atoms with E-state index in [0.717, 1.165) is 19.4 Å². The van der Waals surface area contributed by atoms with E-state index in [1.54, 1.807) is 0 Å². The molecule has 0 saturated carbocycles. The molecule has 0 aromatic carbocycles. The maximum Gasteiger partial charge on any atom is 0.330 e. The van der Waals surface area contributed by atoms with Gasteiger partial charge in [0, 0.05) is 12.2 Å². The first-order valence-corrected chi connectivity index (χ1v) is 6.49. The molecule has 1 N–H and O–H groups in total. The molecule has 1 atom stereocenters. The van der Waals surface area contributed by atoms with E-state index < -0.39 is 15.7 Å². The smallest absolute Gasteiger partial charge is 0.330 e. The molecule has 0 aliphatic rings. The first kappa shape index (κ1) is 13.4. The van der Waals surface area contributed by atoms with Gasteiger partial charge in [-0.05, 0) is 25.3 Å². The van der Waals surface area contributed by atoms with E-state index >= 15 is 0 Å². The Bertz CT molecular complexity index is 192. The van der Waals surface area contributed by atoms with Gasteiger partial charge in [-0.2, -0.15) is 0 Å². The summed E-state index contributed by atoms with van der Waals surface area (Å²) in [7, 11) is -0.476. The van der Waals surface area contributed by atoms with Crippen molar-refractivity contribution in [2.45, 2.75) is 38.7 Å². The summed E-state index contributed by atoms with van der Waals surface area (Å²) in [6.45, 7) is 8.42. The Balaban J connectivity index is 3.71. The summed E-state index contributed by atoms with van der Waals surface area (Å²) >= 11 is 0. The summed E-state index contributed by atoms with van der Waals surface area (Å²) in [4.78, 5) is 10.5. The SMILES string of the molecule is C=C(CCC(CC)[SiH2]OCC)C(=O)O. The average Bonchev–Trinajstić information content (AvgIpc) is 2.17. The van der Waals surface area contributed by atoms with Crippen molar-refractivity contribution in [3.63, 3.8) is 0 Å². The highest BCUT2D eigenvalue weighted by Crippen LogP contribution is 2.19. The molecule has 0 rings (SSSR count). The Morgan fingerprint density at radius 2 is 2.21 bits per heavy atom. The van der Waals surface area contributed by atoms with E-state index in [4.69, 9.17) is 9.53 Å². The lowest BCUT2D eigenvalue weighted by atomic mass is 10.1. The predicted octanol–water partition coefficient (Wildman–Crippen LogP) is 1.73. The molecule has 0 heterocycles. The molecule has 82 valence electrons. The van der Waals surface area contributed by atoms with Gasteiger partial charge in [-0.25, -0.2) is 4.79 Å². The highest BCUT2D eigenvalue weighted by molar-refractivity contribution is 6.29. The van der Waals surface area contributed by atoms with Crippen LogP contribution in [0.5, 0.6) is 0 Å². The number of carboxylic acids is 1. The molecule has 0 aromatic heterocycles. The summed E-state index contributed by atoms with van der Waals surface area (Å²) < 4.78 is 5.44. The normalized spacial score (nSPS) is 13.3. The van der Waals surface area contributed by atoms with E-state index in [2.05, 4.69) is 13.5 Å². The summed E-state index contributed by atoms with van der Waals surface area (Å²) in [5.74, 6) is -0.877. The molecule has 14 heavy (non-hydrogen) atoms. The molecule has 1 unspecified atom stereocenters. The van der Waals surface area contributed by atoms with Crippen LogP contribution in [-0.4, -0.2) is 27.4 Å². The van der Waals surface area contributed by atoms with Gasteiger partial charge in [-0.15, -0.1) is 0 Å². The number of carbonyl (C=O) groups is 1. The van der Waals surface area contributed by atoms with Crippen molar-refractivity contribution >= 4 is 15.7 Å². The molecule has 0 saturated heterocycles. The Hall–Kier alpha value is -0.613. The van der Waals surface area contributed by atoms with Crippen LogP contribution >= 0.6 is 0 Å². The van der Waals surface area contributed by atoms with Crippen LogP contribution < -0.4 is 0 Å². The van der Waals surface area contributed by atoms with Crippen LogP contribution in [-0.2, 0) is 9.22 Å². The number of aliphatic carboxylic acids is 1. The van der Waals surface area contributed by atoms with Crippen molar-refractivity contribution in [1.29, 1.82) is 0 Å². The van der Waals surface area contributed by atoms with E-state index in [1.165, 1.54) is 0 Å². The van der Waals surface area contributed by atoms with E-state index in [1.807, 2.05) is 6.92 Å². The molecular formula is C10H20O3Si. The minimum absolute atomic E-state index is 0.314. The summed E-state index contributed by atoms with van der Waals surface area (Å²) in [5, 5.41) is 8.62. The van der Waals surface area contributed by atoms with Gasteiger partial charge in [0.1, 0.15) is 0 Å². The summed E-state index contributed by atoms with van der Waals surface area (Å²) in [6.07, 6.45) is 2.58. The van der Waals surface area contributed by atoms with E-state index in [9.17, 15) is 4.79 Å². The number of hydrogen-bond donors (Lipinski definition) is 1. The number of carboxylic acid groups (broad SMARTS) is 1. The molecule has 0 aliphatic carbocycles. The lowest BCUT2D eigenvalue weighted by Gasteiger charge is -2.13. The highest BCUT2D eigenvalue weighted by Gasteiger charge is 2.10. The average molecular weight is 216 g/mol. The molecule has 3 nitrogen and oxygen atoms in total. The van der Waals surface area contributed by atoms with Gasteiger partial charge in [-0.1, -0.05) is 19.9 Å². The zero-order chi connectivity index (χ0) is 11.0. The van der Waals surface area contributed by atoms with Gasteiger partial charge < -0.3 is 9.53 Å². The van der Waals surface area contributed by atoms with Crippen molar-refractivity contribution in [3.05, 3.63) is 12.2 Å².